The number of rotatable bonds is 1. The standard InChI is InChI=1S/C18H16N4O2S/c19-15-14(18(23)22-11-3-6-25-16(11)15)17-20-12-7-9-1-4-24-5-2-10(9)8-13(12)21-17/h3,6-8H,1-2,4-5H2,(H,20,21)(H3,19,22,23). The molecule has 0 atom stereocenters. The lowest BCUT2D eigenvalue weighted by atomic mass is 10.0. The first kappa shape index (κ1) is 14.7. The highest BCUT2D eigenvalue weighted by atomic mass is 32.1. The number of anilines is 1. The Morgan fingerprint density at radius 1 is 1.12 bits per heavy atom. The molecule has 0 radical (unpaired) electrons. The number of nitrogens with zero attached hydrogens (tertiary/aromatic N) is 1. The van der Waals surface area contributed by atoms with E-state index >= 15 is 0 Å². The summed E-state index contributed by atoms with van der Waals surface area (Å²) >= 11 is 1.51. The fourth-order valence-electron chi connectivity index (χ4n) is 3.47. The van der Waals surface area contributed by atoms with E-state index in [1.54, 1.807) is 0 Å². The number of ether oxygens (including phenoxy) is 1. The van der Waals surface area contributed by atoms with Crippen molar-refractivity contribution < 1.29 is 4.74 Å². The van der Waals surface area contributed by atoms with Crippen LogP contribution >= 0.6 is 11.3 Å². The molecule has 0 spiro atoms. The molecular formula is C18H16N4O2S. The summed E-state index contributed by atoms with van der Waals surface area (Å²) < 4.78 is 6.42. The first-order chi connectivity index (χ1) is 12.2. The van der Waals surface area contributed by atoms with Gasteiger partial charge in [0.25, 0.3) is 5.56 Å². The van der Waals surface area contributed by atoms with E-state index in [4.69, 9.17) is 10.5 Å². The van der Waals surface area contributed by atoms with Gasteiger partial charge in [0, 0.05) is 0 Å². The van der Waals surface area contributed by atoms with Gasteiger partial charge in [0.2, 0.25) is 0 Å². The molecule has 0 unspecified atom stereocenters. The van der Waals surface area contributed by atoms with Crippen LogP contribution in [0, 0.1) is 0 Å². The van der Waals surface area contributed by atoms with Crippen molar-refractivity contribution in [2.24, 2.45) is 0 Å². The largest absolute Gasteiger partial charge is 0.397 e. The third kappa shape index (κ3) is 2.27. The van der Waals surface area contributed by atoms with Crippen molar-refractivity contribution in [1.82, 2.24) is 15.0 Å². The van der Waals surface area contributed by atoms with Crippen LogP contribution in [0.2, 0.25) is 0 Å². The molecule has 0 bridgehead atoms. The summed E-state index contributed by atoms with van der Waals surface area (Å²) in [5, 5.41) is 1.92. The minimum atomic E-state index is -0.225. The number of pyridine rings is 1. The van der Waals surface area contributed by atoms with E-state index in [2.05, 4.69) is 27.1 Å². The fraction of sp³-hybridized carbons (Fsp3) is 0.222. The van der Waals surface area contributed by atoms with E-state index in [9.17, 15) is 4.79 Å². The molecule has 0 amide bonds. The van der Waals surface area contributed by atoms with Gasteiger partial charge in [0.15, 0.2) is 0 Å². The number of fused-ring (bicyclic) bond motifs is 3. The van der Waals surface area contributed by atoms with E-state index in [1.165, 1.54) is 22.5 Å². The summed E-state index contributed by atoms with van der Waals surface area (Å²) in [5.74, 6) is 0.514. The van der Waals surface area contributed by atoms with Gasteiger partial charge in [-0.3, -0.25) is 4.79 Å². The Morgan fingerprint density at radius 3 is 2.76 bits per heavy atom. The summed E-state index contributed by atoms with van der Waals surface area (Å²) in [7, 11) is 0. The Bertz CT molecular complexity index is 1130. The van der Waals surface area contributed by atoms with E-state index in [0.29, 0.717) is 17.1 Å². The number of nitrogen functional groups attached to an aromatic ring is 1. The van der Waals surface area contributed by atoms with Gasteiger partial charge in [-0.25, -0.2) is 4.98 Å². The van der Waals surface area contributed by atoms with Crippen molar-refractivity contribution >= 4 is 38.3 Å². The highest BCUT2D eigenvalue weighted by Crippen LogP contribution is 2.32. The zero-order valence-electron chi connectivity index (χ0n) is 13.4. The molecule has 7 heteroatoms. The topological polar surface area (TPSA) is 96.8 Å². The predicted octanol–water partition coefficient (Wildman–Crippen LogP) is 2.83. The van der Waals surface area contributed by atoms with E-state index < -0.39 is 0 Å². The molecule has 0 saturated carbocycles. The molecule has 0 fully saturated rings. The molecule has 1 aliphatic rings. The van der Waals surface area contributed by atoms with Crippen LogP contribution in [0.5, 0.6) is 0 Å². The lowest BCUT2D eigenvalue weighted by Crippen LogP contribution is -2.12. The average Bonchev–Trinajstić information content (AvgIpc) is 3.14. The number of H-pyrrole nitrogens is 2. The first-order valence-corrected chi connectivity index (χ1v) is 9.07. The maximum absolute atomic E-state index is 12.5. The van der Waals surface area contributed by atoms with Crippen LogP contribution < -0.4 is 11.3 Å². The van der Waals surface area contributed by atoms with Gasteiger partial charge < -0.3 is 20.4 Å². The van der Waals surface area contributed by atoms with Crippen LogP contribution in [0.25, 0.3) is 32.6 Å². The van der Waals surface area contributed by atoms with Crippen molar-refractivity contribution in [3.63, 3.8) is 0 Å². The van der Waals surface area contributed by atoms with Gasteiger partial charge >= 0.3 is 0 Å². The van der Waals surface area contributed by atoms with Gasteiger partial charge in [-0.15, -0.1) is 11.3 Å². The molecule has 0 saturated heterocycles. The van der Waals surface area contributed by atoms with E-state index in [-0.39, 0.29) is 5.56 Å². The zero-order valence-corrected chi connectivity index (χ0v) is 14.2. The monoisotopic (exact) mass is 352 g/mol. The maximum Gasteiger partial charge on any atom is 0.261 e. The van der Waals surface area contributed by atoms with Crippen LogP contribution in [-0.4, -0.2) is 28.2 Å². The lowest BCUT2D eigenvalue weighted by Gasteiger charge is -2.03. The number of benzene rings is 1. The zero-order chi connectivity index (χ0) is 17.0. The second-order valence-electron chi connectivity index (χ2n) is 6.24. The Labute approximate surface area is 146 Å². The summed E-state index contributed by atoms with van der Waals surface area (Å²) in [5.41, 5.74) is 12.0. The van der Waals surface area contributed by atoms with Gasteiger partial charge in [-0.1, -0.05) is 0 Å². The normalized spacial score (nSPS) is 14.7. The summed E-state index contributed by atoms with van der Waals surface area (Å²) in [6.07, 6.45) is 1.78. The molecule has 4 N–H and O–H groups in total. The van der Waals surface area contributed by atoms with Crippen LogP contribution in [0.3, 0.4) is 0 Å². The minimum absolute atomic E-state index is 0.225. The molecule has 4 heterocycles. The molecule has 4 aromatic rings. The highest BCUT2D eigenvalue weighted by Gasteiger charge is 2.18. The second kappa shape index (κ2) is 5.44. The van der Waals surface area contributed by atoms with Crippen LogP contribution in [0.4, 0.5) is 5.69 Å². The molecule has 1 aromatic carbocycles. The Hall–Kier alpha value is -2.64. The number of imidazole rings is 1. The summed E-state index contributed by atoms with van der Waals surface area (Å²) in [6.45, 7) is 1.47. The van der Waals surface area contributed by atoms with Crippen molar-refractivity contribution in [1.29, 1.82) is 0 Å². The molecule has 25 heavy (non-hydrogen) atoms. The number of aromatic nitrogens is 3. The van der Waals surface area contributed by atoms with Crippen molar-refractivity contribution in [3.05, 3.63) is 45.1 Å². The van der Waals surface area contributed by atoms with Crippen LogP contribution in [0.15, 0.2) is 28.4 Å². The van der Waals surface area contributed by atoms with Gasteiger partial charge in [0.1, 0.15) is 11.4 Å². The van der Waals surface area contributed by atoms with Crippen LogP contribution in [-0.2, 0) is 17.6 Å². The number of aromatic amines is 2. The third-order valence-electron chi connectivity index (χ3n) is 4.73. The molecule has 1 aliphatic heterocycles. The third-order valence-corrected chi connectivity index (χ3v) is 5.67. The fourth-order valence-corrected chi connectivity index (χ4v) is 4.28. The van der Waals surface area contributed by atoms with Crippen LogP contribution in [0.1, 0.15) is 11.1 Å². The van der Waals surface area contributed by atoms with Crippen molar-refractivity contribution in [2.45, 2.75) is 12.8 Å². The quantitative estimate of drug-likeness (QED) is 0.491. The SMILES string of the molecule is Nc1c(-c2nc3cc4c(cc3[nH]2)CCOCC4)c(=O)[nH]c2ccsc12. The number of hydrogen-bond acceptors (Lipinski definition) is 5. The van der Waals surface area contributed by atoms with Gasteiger partial charge in [-0.2, -0.15) is 0 Å². The molecular weight excluding hydrogens is 336 g/mol. The maximum atomic E-state index is 12.5. The molecule has 6 nitrogen and oxygen atoms in total. The molecule has 5 rings (SSSR count). The van der Waals surface area contributed by atoms with E-state index in [1.807, 2.05) is 11.4 Å². The van der Waals surface area contributed by atoms with E-state index in [0.717, 1.165) is 47.3 Å². The van der Waals surface area contributed by atoms with Gasteiger partial charge in [0.05, 0.1) is 40.2 Å². The minimum Gasteiger partial charge on any atom is -0.397 e. The number of nitrogens with two attached hydrogens (primary N) is 1. The molecule has 126 valence electrons. The smallest absolute Gasteiger partial charge is 0.261 e. The second-order valence-corrected chi connectivity index (χ2v) is 7.16. The summed E-state index contributed by atoms with van der Waals surface area (Å²) in [6, 6.07) is 6.07. The number of nitrogens with one attached hydrogen (secondary N) is 2. The summed E-state index contributed by atoms with van der Waals surface area (Å²) in [4.78, 5) is 23.3. The highest BCUT2D eigenvalue weighted by molar-refractivity contribution is 7.17. The number of hydrogen-bond donors (Lipinski definition) is 3. The Kier molecular flexibility index (Phi) is 3.19. The average molecular weight is 352 g/mol. The number of thiophene rings is 1. The first-order valence-electron chi connectivity index (χ1n) is 8.19. The Balaban J connectivity index is 1.73. The van der Waals surface area contributed by atoms with Crippen molar-refractivity contribution in [3.8, 4) is 11.4 Å². The lowest BCUT2D eigenvalue weighted by molar-refractivity contribution is 0.146. The molecule has 3 aromatic heterocycles. The Morgan fingerprint density at radius 2 is 1.92 bits per heavy atom. The predicted molar refractivity (Wildman–Crippen MR) is 100 cm³/mol. The van der Waals surface area contributed by atoms with Crippen molar-refractivity contribution in [2.75, 3.05) is 18.9 Å². The van der Waals surface area contributed by atoms with Gasteiger partial charge in [-0.05, 0) is 47.5 Å². The molecule has 0 aliphatic carbocycles.